The number of hydroxylamine groups is 1. The first-order valence-electron chi connectivity index (χ1n) is 3.47. The summed E-state index contributed by atoms with van der Waals surface area (Å²) >= 11 is 0. The van der Waals surface area contributed by atoms with E-state index in [4.69, 9.17) is 5.11 Å². The number of carbonyl (C=O) groups excluding carboxylic acids is 1. The molecule has 0 spiro atoms. The highest BCUT2D eigenvalue weighted by Gasteiger charge is 2.15. The topological polar surface area (TPSA) is 58.6 Å². The Hall–Kier alpha value is -1.62. The molecule has 1 aromatic rings. The first-order valence-corrected chi connectivity index (χ1v) is 3.47. The van der Waals surface area contributed by atoms with Crippen LogP contribution in [0.1, 0.15) is 10.4 Å². The van der Waals surface area contributed by atoms with Gasteiger partial charge in [-0.2, -0.15) is 0 Å². The van der Waals surface area contributed by atoms with Crippen molar-refractivity contribution in [1.29, 1.82) is 0 Å². The molecule has 0 saturated heterocycles. The van der Waals surface area contributed by atoms with E-state index >= 15 is 0 Å². The fourth-order valence-electron chi connectivity index (χ4n) is 0.881. The maximum Gasteiger partial charge on any atom is 0.281 e. The molecule has 0 heterocycles. The number of rotatable bonds is 2. The van der Waals surface area contributed by atoms with Crippen molar-refractivity contribution in [1.82, 2.24) is 5.48 Å². The molecule has 70 valence electrons. The minimum absolute atomic E-state index is 0.422. The first-order chi connectivity index (χ1) is 6.16. The van der Waals surface area contributed by atoms with Crippen molar-refractivity contribution >= 4 is 5.91 Å². The van der Waals surface area contributed by atoms with Crippen LogP contribution in [0.5, 0.6) is 5.75 Å². The third-order valence-electron chi connectivity index (χ3n) is 1.41. The zero-order valence-corrected chi connectivity index (χ0v) is 6.87. The lowest BCUT2D eigenvalue weighted by atomic mass is 10.2. The van der Waals surface area contributed by atoms with Gasteiger partial charge >= 0.3 is 0 Å². The Balaban J connectivity index is 3.05. The SMILES string of the molecule is CONC(=O)c1c(O)cccc1F. The summed E-state index contributed by atoms with van der Waals surface area (Å²) in [5.41, 5.74) is 1.48. The Morgan fingerprint density at radius 2 is 2.31 bits per heavy atom. The summed E-state index contributed by atoms with van der Waals surface area (Å²) in [7, 11) is 1.22. The van der Waals surface area contributed by atoms with Crippen LogP contribution < -0.4 is 5.48 Å². The number of phenolic OH excluding ortho intramolecular Hbond substituents is 1. The van der Waals surface area contributed by atoms with E-state index in [0.29, 0.717) is 0 Å². The molecule has 0 unspecified atom stereocenters. The third-order valence-corrected chi connectivity index (χ3v) is 1.41. The van der Waals surface area contributed by atoms with Crippen LogP contribution in [0.4, 0.5) is 4.39 Å². The number of nitrogens with one attached hydrogen (secondary N) is 1. The van der Waals surface area contributed by atoms with Gasteiger partial charge in [0.1, 0.15) is 17.1 Å². The lowest BCUT2D eigenvalue weighted by molar-refractivity contribution is 0.0530. The predicted octanol–water partition coefficient (Wildman–Crippen LogP) is 0.823. The number of carbonyl (C=O) groups is 1. The van der Waals surface area contributed by atoms with E-state index < -0.39 is 23.0 Å². The second kappa shape index (κ2) is 3.86. The van der Waals surface area contributed by atoms with Crippen molar-refractivity contribution in [3.05, 3.63) is 29.6 Å². The van der Waals surface area contributed by atoms with E-state index in [-0.39, 0.29) is 0 Å². The molecular formula is C8H8FNO3. The molecule has 0 aliphatic heterocycles. The van der Waals surface area contributed by atoms with Gasteiger partial charge < -0.3 is 5.11 Å². The van der Waals surface area contributed by atoms with Crippen LogP contribution >= 0.6 is 0 Å². The Kier molecular flexibility index (Phi) is 2.81. The van der Waals surface area contributed by atoms with Gasteiger partial charge in [0, 0.05) is 0 Å². The summed E-state index contributed by atoms with van der Waals surface area (Å²) in [6.07, 6.45) is 0. The van der Waals surface area contributed by atoms with Gasteiger partial charge in [-0.25, -0.2) is 9.87 Å². The van der Waals surface area contributed by atoms with Crippen LogP contribution in [-0.2, 0) is 4.84 Å². The molecule has 0 aliphatic rings. The average molecular weight is 185 g/mol. The minimum atomic E-state index is -0.821. The fraction of sp³-hybridized carbons (Fsp3) is 0.125. The van der Waals surface area contributed by atoms with Crippen LogP contribution in [-0.4, -0.2) is 18.1 Å². The number of amides is 1. The van der Waals surface area contributed by atoms with E-state index in [1.54, 1.807) is 0 Å². The maximum absolute atomic E-state index is 12.9. The van der Waals surface area contributed by atoms with Gasteiger partial charge in [-0.3, -0.25) is 9.63 Å². The smallest absolute Gasteiger partial charge is 0.281 e. The van der Waals surface area contributed by atoms with Gasteiger partial charge in [0.05, 0.1) is 7.11 Å². The highest BCUT2D eigenvalue weighted by molar-refractivity contribution is 5.96. The van der Waals surface area contributed by atoms with Crippen molar-refractivity contribution in [2.24, 2.45) is 0 Å². The third kappa shape index (κ3) is 1.94. The molecule has 1 rings (SSSR count). The molecule has 0 saturated carbocycles. The molecular weight excluding hydrogens is 177 g/mol. The fourth-order valence-corrected chi connectivity index (χ4v) is 0.881. The van der Waals surface area contributed by atoms with E-state index in [1.807, 2.05) is 5.48 Å². The molecule has 0 atom stereocenters. The molecule has 2 N–H and O–H groups in total. The van der Waals surface area contributed by atoms with Crippen LogP contribution in [0.2, 0.25) is 0 Å². The van der Waals surface area contributed by atoms with Crippen molar-refractivity contribution in [2.75, 3.05) is 7.11 Å². The van der Waals surface area contributed by atoms with E-state index in [1.165, 1.54) is 19.2 Å². The van der Waals surface area contributed by atoms with E-state index in [0.717, 1.165) is 6.07 Å². The molecule has 0 aliphatic carbocycles. The molecule has 13 heavy (non-hydrogen) atoms. The van der Waals surface area contributed by atoms with E-state index in [2.05, 4.69) is 4.84 Å². The highest BCUT2D eigenvalue weighted by Crippen LogP contribution is 2.19. The first kappa shape index (κ1) is 9.47. The van der Waals surface area contributed by atoms with Crippen molar-refractivity contribution < 1.29 is 19.1 Å². The predicted molar refractivity (Wildman–Crippen MR) is 42.5 cm³/mol. The number of phenols is 1. The standard InChI is InChI=1S/C8H8FNO3/c1-13-10-8(12)7-5(9)3-2-4-6(7)11/h2-4,11H,1H3,(H,10,12). The summed E-state index contributed by atoms with van der Waals surface area (Å²) in [6, 6.07) is 3.59. The maximum atomic E-state index is 12.9. The van der Waals surface area contributed by atoms with Crippen LogP contribution in [0.3, 0.4) is 0 Å². The molecule has 0 aromatic heterocycles. The molecule has 4 nitrogen and oxygen atoms in total. The lowest BCUT2D eigenvalue weighted by Crippen LogP contribution is -2.22. The number of benzene rings is 1. The molecule has 1 amide bonds. The summed E-state index contributed by atoms with van der Waals surface area (Å²) < 4.78 is 12.9. The van der Waals surface area contributed by atoms with Gasteiger partial charge in [0.2, 0.25) is 0 Å². The molecule has 0 fully saturated rings. The highest BCUT2D eigenvalue weighted by atomic mass is 19.1. The van der Waals surface area contributed by atoms with Gasteiger partial charge in [0.15, 0.2) is 0 Å². The zero-order valence-electron chi connectivity index (χ0n) is 6.87. The monoisotopic (exact) mass is 185 g/mol. The van der Waals surface area contributed by atoms with Crippen molar-refractivity contribution in [3.63, 3.8) is 0 Å². The lowest BCUT2D eigenvalue weighted by Gasteiger charge is -2.04. The average Bonchev–Trinajstić information content (AvgIpc) is 2.04. The van der Waals surface area contributed by atoms with Gasteiger partial charge in [-0.1, -0.05) is 6.07 Å². The van der Waals surface area contributed by atoms with Gasteiger partial charge in [0.25, 0.3) is 5.91 Å². The number of hydrogen-bond donors (Lipinski definition) is 2. The normalized spacial score (nSPS) is 9.69. The van der Waals surface area contributed by atoms with Gasteiger partial charge in [-0.05, 0) is 12.1 Å². The summed E-state index contributed by atoms with van der Waals surface area (Å²) in [6.45, 7) is 0. The van der Waals surface area contributed by atoms with Crippen LogP contribution in [0.15, 0.2) is 18.2 Å². The Morgan fingerprint density at radius 3 is 2.85 bits per heavy atom. The zero-order chi connectivity index (χ0) is 9.84. The second-order valence-corrected chi connectivity index (χ2v) is 2.27. The summed E-state index contributed by atoms with van der Waals surface area (Å²) in [5, 5.41) is 9.13. The Morgan fingerprint density at radius 1 is 1.62 bits per heavy atom. The molecule has 0 radical (unpaired) electrons. The minimum Gasteiger partial charge on any atom is -0.507 e. The quantitative estimate of drug-likeness (QED) is 0.670. The second-order valence-electron chi connectivity index (χ2n) is 2.27. The molecule has 5 heteroatoms. The van der Waals surface area contributed by atoms with E-state index in [9.17, 15) is 9.18 Å². The molecule has 1 aromatic carbocycles. The summed E-state index contributed by atoms with van der Waals surface area (Å²) in [5.74, 6) is -2.04. The number of aromatic hydroxyl groups is 1. The Bertz CT molecular complexity index is 307. The number of halogens is 1. The van der Waals surface area contributed by atoms with Gasteiger partial charge in [-0.15, -0.1) is 0 Å². The summed E-state index contributed by atoms with van der Waals surface area (Å²) in [4.78, 5) is 15.3. The number of hydrogen-bond acceptors (Lipinski definition) is 3. The Labute approximate surface area is 73.9 Å². The van der Waals surface area contributed by atoms with Crippen molar-refractivity contribution in [2.45, 2.75) is 0 Å². The largest absolute Gasteiger partial charge is 0.507 e. The van der Waals surface area contributed by atoms with Crippen LogP contribution in [0.25, 0.3) is 0 Å². The van der Waals surface area contributed by atoms with Crippen LogP contribution in [0, 0.1) is 5.82 Å². The van der Waals surface area contributed by atoms with Crippen molar-refractivity contribution in [3.8, 4) is 5.75 Å². The molecule has 0 bridgehead atoms.